The van der Waals surface area contributed by atoms with Crippen molar-refractivity contribution in [2.45, 2.75) is 13.8 Å². The van der Waals surface area contributed by atoms with Crippen molar-refractivity contribution in [1.82, 2.24) is 0 Å². The van der Waals surface area contributed by atoms with Crippen molar-refractivity contribution in [2.75, 3.05) is 5.32 Å². The van der Waals surface area contributed by atoms with Crippen LogP contribution in [0, 0.1) is 17.0 Å². The molecule has 0 aromatic heterocycles. The van der Waals surface area contributed by atoms with Gasteiger partial charge < -0.3 is 5.32 Å². The second kappa shape index (κ2) is 4.93. The van der Waals surface area contributed by atoms with E-state index in [1.807, 2.05) is 13.8 Å². The van der Waals surface area contributed by atoms with Crippen LogP contribution in [-0.4, -0.2) is 4.92 Å². The first-order valence-electron chi connectivity index (χ1n) is 4.38. The minimum Gasteiger partial charge on any atom is -0.356 e. The molecule has 15 heavy (non-hydrogen) atoms. The van der Waals surface area contributed by atoms with Gasteiger partial charge in [-0.3, -0.25) is 10.1 Å². The molecule has 0 radical (unpaired) electrons. The van der Waals surface area contributed by atoms with Crippen LogP contribution in [0.25, 0.3) is 0 Å². The van der Waals surface area contributed by atoms with Gasteiger partial charge in [0.2, 0.25) is 0 Å². The van der Waals surface area contributed by atoms with E-state index >= 15 is 0 Å². The first-order valence-corrected chi connectivity index (χ1v) is 5.17. The van der Waals surface area contributed by atoms with Gasteiger partial charge in [-0.1, -0.05) is 22.0 Å². The molecule has 0 aliphatic heterocycles. The van der Waals surface area contributed by atoms with Crippen molar-refractivity contribution in [3.8, 4) is 0 Å². The minimum absolute atomic E-state index is 0.0607. The van der Waals surface area contributed by atoms with Gasteiger partial charge in [0.1, 0.15) is 5.69 Å². The van der Waals surface area contributed by atoms with Crippen LogP contribution in [0.1, 0.15) is 12.5 Å². The third-order valence-electron chi connectivity index (χ3n) is 1.88. The van der Waals surface area contributed by atoms with Gasteiger partial charge in [-0.25, -0.2) is 0 Å². The molecular formula is C10H11BrN2O2. The molecule has 4 nitrogen and oxygen atoms in total. The fourth-order valence-electron chi connectivity index (χ4n) is 1.11. The zero-order valence-electron chi connectivity index (χ0n) is 8.45. The maximum absolute atomic E-state index is 10.8. The normalized spacial score (nSPS) is 10.6. The van der Waals surface area contributed by atoms with Crippen LogP contribution in [0.3, 0.4) is 0 Å². The molecule has 0 aliphatic carbocycles. The number of halogens is 1. The van der Waals surface area contributed by atoms with E-state index < -0.39 is 4.92 Å². The summed E-state index contributed by atoms with van der Waals surface area (Å²) >= 11 is 3.27. The number of anilines is 1. The molecular weight excluding hydrogens is 260 g/mol. The Bertz CT molecular complexity index is 416. The van der Waals surface area contributed by atoms with Gasteiger partial charge in [0.05, 0.1) is 4.92 Å². The molecule has 0 heterocycles. The summed E-state index contributed by atoms with van der Waals surface area (Å²) in [4.78, 5) is 10.4. The Morgan fingerprint density at radius 1 is 1.53 bits per heavy atom. The second-order valence-corrected chi connectivity index (χ2v) is 3.87. The van der Waals surface area contributed by atoms with Crippen LogP contribution in [0.15, 0.2) is 28.9 Å². The van der Waals surface area contributed by atoms with Gasteiger partial charge in [-0.2, -0.15) is 0 Å². The molecule has 80 valence electrons. The fraction of sp³-hybridized carbons (Fsp3) is 0.200. The number of aryl methyl sites for hydroxylation is 1. The van der Waals surface area contributed by atoms with Crippen LogP contribution in [0.2, 0.25) is 0 Å². The number of hydrogen-bond donors (Lipinski definition) is 1. The Morgan fingerprint density at radius 3 is 2.73 bits per heavy atom. The average molecular weight is 271 g/mol. The van der Waals surface area contributed by atoms with E-state index in [1.54, 1.807) is 18.3 Å². The largest absolute Gasteiger partial charge is 0.356 e. The van der Waals surface area contributed by atoms with E-state index in [-0.39, 0.29) is 5.69 Å². The molecule has 0 spiro atoms. The number of rotatable bonds is 3. The summed E-state index contributed by atoms with van der Waals surface area (Å²) in [6.07, 6.45) is 3.44. The van der Waals surface area contributed by atoms with E-state index in [0.29, 0.717) is 5.69 Å². The van der Waals surface area contributed by atoms with E-state index in [2.05, 4.69) is 21.2 Å². The summed E-state index contributed by atoms with van der Waals surface area (Å²) in [5.41, 5.74) is 1.51. The summed E-state index contributed by atoms with van der Waals surface area (Å²) in [6, 6.07) is 3.24. The lowest BCUT2D eigenvalue weighted by molar-refractivity contribution is -0.384. The molecule has 0 unspecified atom stereocenters. The molecule has 1 rings (SSSR count). The quantitative estimate of drug-likeness (QED) is 0.674. The monoisotopic (exact) mass is 270 g/mol. The highest BCUT2D eigenvalue weighted by molar-refractivity contribution is 9.10. The fourth-order valence-corrected chi connectivity index (χ4v) is 1.44. The van der Waals surface area contributed by atoms with E-state index in [4.69, 9.17) is 0 Å². The molecule has 1 aromatic rings. The van der Waals surface area contributed by atoms with Crippen molar-refractivity contribution in [3.63, 3.8) is 0 Å². The van der Waals surface area contributed by atoms with Crippen LogP contribution < -0.4 is 5.32 Å². The highest BCUT2D eigenvalue weighted by atomic mass is 79.9. The van der Waals surface area contributed by atoms with Crippen molar-refractivity contribution < 1.29 is 4.92 Å². The number of benzene rings is 1. The number of allylic oxidation sites excluding steroid dienone is 1. The maximum Gasteiger partial charge on any atom is 0.293 e. The van der Waals surface area contributed by atoms with Gasteiger partial charge in [-0.05, 0) is 31.7 Å². The highest BCUT2D eigenvalue weighted by Crippen LogP contribution is 2.30. The number of nitro benzene ring substituents is 1. The van der Waals surface area contributed by atoms with Gasteiger partial charge in [0.25, 0.3) is 5.69 Å². The predicted molar refractivity (Wildman–Crippen MR) is 64.0 cm³/mol. The SMILES string of the molecule is CC=CNc1cc(C)c(Br)cc1[N+](=O)[O-]. The summed E-state index contributed by atoms with van der Waals surface area (Å²) < 4.78 is 0.736. The van der Waals surface area contributed by atoms with E-state index in [0.717, 1.165) is 10.0 Å². The number of hydrogen-bond acceptors (Lipinski definition) is 3. The summed E-state index contributed by atoms with van der Waals surface area (Å²) in [5.74, 6) is 0. The molecule has 0 saturated carbocycles. The predicted octanol–water partition coefficient (Wildman–Crippen LogP) is 3.61. The first kappa shape index (κ1) is 11.7. The lowest BCUT2D eigenvalue weighted by Gasteiger charge is -2.05. The van der Waals surface area contributed by atoms with E-state index in [9.17, 15) is 10.1 Å². The number of nitrogens with one attached hydrogen (secondary N) is 1. The number of nitrogens with zero attached hydrogens (tertiary/aromatic N) is 1. The van der Waals surface area contributed by atoms with E-state index in [1.165, 1.54) is 6.07 Å². The van der Waals surface area contributed by atoms with Crippen LogP contribution in [-0.2, 0) is 0 Å². The lowest BCUT2D eigenvalue weighted by atomic mass is 10.2. The Hall–Kier alpha value is -1.36. The van der Waals surface area contributed by atoms with Gasteiger partial charge in [0, 0.05) is 10.5 Å². The Labute approximate surface area is 96.3 Å². The zero-order valence-corrected chi connectivity index (χ0v) is 10.0. The maximum atomic E-state index is 10.8. The van der Waals surface area contributed by atoms with Gasteiger partial charge in [0.15, 0.2) is 0 Å². The summed E-state index contributed by atoms with van der Waals surface area (Å²) in [5, 5.41) is 13.6. The molecule has 1 aromatic carbocycles. The zero-order chi connectivity index (χ0) is 11.4. The highest BCUT2D eigenvalue weighted by Gasteiger charge is 2.14. The molecule has 0 saturated heterocycles. The summed E-state index contributed by atoms with van der Waals surface area (Å²) in [7, 11) is 0. The third-order valence-corrected chi connectivity index (χ3v) is 2.73. The van der Waals surface area contributed by atoms with Crippen molar-refractivity contribution in [1.29, 1.82) is 0 Å². The molecule has 0 amide bonds. The van der Waals surface area contributed by atoms with Crippen molar-refractivity contribution in [2.24, 2.45) is 0 Å². The van der Waals surface area contributed by atoms with Crippen LogP contribution in [0.5, 0.6) is 0 Å². The van der Waals surface area contributed by atoms with Crippen LogP contribution >= 0.6 is 15.9 Å². The van der Waals surface area contributed by atoms with Gasteiger partial charge in [-0.15, -0.1) is 0 Å². The van der Waals surface area contributed by atoms with Gasteiger partial charge >= 0.3 is 0 Å². The Morgan fingerprint density at radius 2 is 2.20 bits per heavy atom. The topological polar surface area (TPSA) is 55.2 Å². The van der Waals surface area contributed by atoms with Crippen LogP contribution in [0.4, 0.5) is 11.4 Å². The first-order chi connectivity index (χ1) is 7.06. The molecule has 1 N–H and O–H groups in total. The molecule has 0 atom stereocenters. The third kappa shape index (κ3) is 2.79. The van der Waals surface area contributed by atoms with Crippen molar-refractivity contribution in [3.05, 3.63) is 44.6 Å². The lowest BCUT2D eigenvalue weighted by Crippen LogP contribution is -1.97. The standard InChI is InChI=1S/C10H11BrN2O2/c1-3-4-12-9-5-7(2)8(11)6-10(9)13(14)15/h3-6,12H,1-2H3. The Kier molecular flexibility index (Phi) is 3.85. The number of nitro groups is 1. The molecule has 0 fully saturated rings. The summed E-state index contributed by atoms with van der Waals surface area (Å²) in [6.45, 7) is 3.72. The average Bonchev–Trinajstić information content (AvgIpc) is 2.19. The van der Waals surface area contributed by atoms with Crippen molar-refractivity contribution >= 4 is 27.3 Å². The minimum atomic E-state index is -0.407. The second-order valence-electron chi connectivity index (χ2n) is 3.02. The Balaban J connectivity index is 3.21. The molecule has 0 aliphatic rings. The molecule has 0 bridgehead atoms. The molecule has 5 heteroatoms. The smallest absolute Gasteiger partial charge is 0.293 e.